The van der Waals surface area contributed by atoms with E-state index in [9.17, 15) is 4.79 Å². The summed E-state index contributed by atoms with van der Waals surface area (Å²) in [5, 5.41) is 2.98. The minimum absolute atomic E-state index is 0.0168. The zero-order chi connectivity index (χ0) is 16.8. The predicted octanol–water partition coefficient (Wildman–Crippen LogP) is 4.13. The summed E-state index contributed by atoms with van der Waals surface area (Å²) in [6.45, 7) is 16.4. The fourth-order valence-corrected chi connectivity index (χ4v) is 2.25. The van der Waals surface area contributed by atoms with Gasteiger partial charge in [0.2, 0.25) is 0 Å². The van der Waals surface area contributed by atoms with Crippen LogP contribution in [-0.4, -0.2) is 30.6 Å². The van der Waals surface area contributed by atoms with E-state index in [2.05, 4.69) is 56.9 Å². The van der Waals surface area contributed by atoms with Crippen molar-refractivity contribution in [3.8, 4) is 0 Å². The van der Waals surface area contributed by atoms with Gasteiger partial charge in [-0.1, -0.05) is 57.2 Å². The molecule has 3 heteroatoms. The number of nitrogens with one attached hydrogen (secondary N) is 1. The molecule has 0 radical (unpaired) electrons. The molecule has 0 unspecified atom stereocenters. The first-order valence-corrected chi connectivity index (χ1v) is 8.00. The van der Waals surface area contributed by atoms with Gasteiger partial charge in [0, 0.05) is 19.6 Å². The fraction of sp³-hybridized carbons (Fsp3) is 0.526. The number of hydrogen-bond acceptors (Lipinski definition) is 1. The average molecular weight is 302 g/mol. The van der Waals surface area contributed by atoms with Crippen LogP contribution in [0.5, 0.6) is 0 Å². The lowest BCUT2D eigenvalue weighted by atomic mass is 9.86. The third-order valence-corrected chi connectivity index (χ3v) is 3.64. The lowest BCUT2D eigenvalue weighted by molar-refractivity contribution is 0.205. The Morgan fingerprint density at radius 1 is 1.23 bits per heavy atom. The molecule has 1 aromatic carbocycles. The number of hydrogen-bond donors (Lipinski definition) is 1. The molecular formula is C19H30N2O. The Morgan fingerprint density at radius 2 is 1.82 bits per heavy atom. The van der Waals surface area contributed by atoms with Crippen LogP contribution in [0.2, 0.25) is 0 Å². The molecule has 0 spiro atoms. The normalized spacial score (nSPS) is 11.1. The predicted molar refractivity (Wildman–Crippen MR) is 94.3 cm³/mol. The van der Waals surface area contributed by atoms with Gasteiger partial charge < -0.3 is 10.2 Å². The van der Waals surface area contributed by atoms with Crippen molar-refractivity contribution in [3.05, 3.63) is 47.5 Å². The summed E-state index contributed by atoms with van der Waals surface area (Å²) in [4.78, 5) is 13.8. The summed E-state index contributed by atoms with van der Waals surface area (Å²) >= 11 is 0. The minimum atomic E-state index is -0.0168. The highest BCUT2D eigenvalue weighted by molar-refractivity contribution is 5.74. The Balaban J connectivity index is 2.46. The molecule has 1 N–H and O–H groups in total. The van der Waals surface area contributed by atoms with Gasteiger partial charge in [0.15, 0.2) is 0 Å². The molecule has 0 saturated carbocycles. The summed E-state index contributed by atoms with van der Waals surface area (Å²) in [6.07, 6.45) is 0.848. The van der Waals surface area contributed by atoms with E-state index in [-0.39, 0.29) is 11.4 Å². The third-order valence-electron chi connectivity index (χ3n) is 3.64. The molecule has 122 valence electrons. The van der Waals surface area contributed by atoms with E-state index in [0.717, 1.165) is 12.0 Å². The van der Waals surface area contributed by atoms with E-state index in [1.165, 1.54) is 11.1 Å². The first kappa shape index (κ1) is 18.3. The number of rotatable bonds is 6. The van der Waals surface area contributed by atoms with Gasteiger partial charge in [0.25, 0.3) is 0 Å². The van der Waals surface area contributed by atoms with E-state index < -0.39 is 0 Å². The largest absolute Gasteiger partial charge is 0.338 e. The molecule has 0 fully saturated rings. The van der Waals surface area contributed by atoms with Crippen molar-refractivity contribution < 1.29 is 4.79 Å². The lowest BCUT2D eigenvalue weighted by Crippen LogP contribution is -2.41. The molecule has 2 amide bonds. The van der Waals surface area contributed by atoms with Crippen molar-refractivity contribution in [2.45, 2.75) is 46.5 Å². The van der Waals surface area contributed by atoms with Crippen LogP contribution in [0, 0.1) is 0 Å². The molecule has 0 saturated heterocycles. The molecule has 1 rings (SSSR count). The van der Waals surface area contributed by atoms with Crippen molar-refractivity contribution in [3.63, 3.8) is 0 Å². The average Bonchev–Trinajstić information content (AvgIpc) is 2.44. The molecule has 22 heavy (non-hydrogen) atoms. The molecule has 0 aliphatic carbocycles. The van der Waals surface area contributed by atoms with Crippen LogP contribution < -0.4 is 5.32 Å². The molecule has 0 aliphatic rings. The van der Waals surface area contributed by atoms with E-state index in [1.54, 1.807) is 4.90 Å². The van der Waals surface area contributed by atoms with Crippen molar-refractivity contribution in [2.75, 3.05) is 19.6 Å². The summed E-state index contributed by atoms with van der Waals surface area (Å²) < 4.78 is 0. The summed E-state index contributed by atoms with van der Waals surface area (Å²) in [5.41, 5.74) is 3.75. The van der Waals surface area contributed by atoms with E-state index in [0.29, 0.717) is 19.6 Å². The molecule has 0 aliphatic heterocycles. The van der Waals surface area contributed by atoms with Gasteiger partial charge in [0.1, 0.15) is 0 Å². The van der Waals surface area contributed by atoms with Crippen LogP contribution in [0.1, 0.15) is 45.7 Å². The van der Waals surface area contributed by atoms with Crippen LogP contribution in [0.4, 0.5) is 4.79 Å². The van der Waals surface area contributed by atoms with Gasteiger partial charge in [-0.2, -0.15) is 0 Å². The molecule has 0 bridgehead atoms. The Hall–Kier alpha value is -1.77. The highest BCUT2D eigenvalue weighted by atomic mass is 16.2. The third kappa shape index (κ3) is 5.92. The van der Waals surface area contributed by atoms with E-state index >= 15 is 0 Å². The van der Waals surface area contributed by atoms with Crippen LogP contribution in [-0.2, 0) is 11.8 Å². The molecular weight excluding hydrogens is 272 g/mol. The maximum Gasteiger partial charge on any atom is 0.317 e. The van der Waals surface area contributed by atoms with Crippen LogP contribution in [0.3, 0.4) is 0 Å². The first-order chi connectivity index (χ1) is 10.2. The number of likely N-dealkylation sites (N-methyl/N-ethyl adjacent to an activating group) is 1. The van der Waals surface area contributed by atoms with Crippen LogP contribution >= 0.6 is 0 Å². The number of benzene rings is 1. The Kier molecular flexibility index (Phi) is 6.66. The lowest BCUT2D eigenvalue weighted by Gasteiger charge is -2.21. The minimum Gasteiger partial charge on any atom is -0.338 e. The maximum atomic E-state index is 12.1. The number of carbonyl (C=O) groups excluding carboxylic acids is 1. The molecule has 3 nitrogen and oxygen atoms in total. The van der Waals surface area contributed by atoms with Crippen molar-refractivity contribution in [1.29, 1.82) is 0 Å². The van der Waals surface area contributed by atoms with Gasteiger partial charge >= 0.3 is 6.03 Å². The number of nitrogens with zero attached hydrogens (tertiary/aromatic N) is 1. The van der Waals surface area contributed by atoms with Gasteiger partial charge in [-0.05, 0) is 36.8 Å². The standard InChI is InChI=1S/C19H30N2O/c1-7-21(14-15(2)3)18(22)20-13-12-16-8-10-17(11-9-16)19(4,5)6/h8-11H,2,7,12-14H2,1,3-6H3,(H,20,22). The molecule has 0 atom stereocenters. The summed E-state index contributed by atoms with van der Waals surface area (Å²) in [7, 11) is 0. The zero-order valence-corrected chi connectivity index (χ0v) is 14.7. The monoisotopic (exact) mass is 302 g/mol. The second kappa shape index (κ2) is 8.02. The molecule has 0 heterocycles. The Morgan fingerprint density at radius 3 is 2.27 bits per heavy atom. The van der Waals surface area contributed by atoms with Gasteiger partial charge in [-0.25, -0.2) is 4.79 Å². The molecule has 1 aromatic rings. The zero-order valence-electron chi connectivity index (χ0n) is 14.7. The Bertz CT molecular complexity index is 497. The Labute approximate surface area is 135 Å². The number of amides is 2. The van der Waals surface area contributed by atoms with Gasteiger partial charge in [0.05, 0.1) is 0 Å². The topological polar surface area (TPSA) is 32.3 Å². The smallest absolute Gasteiger partial charge is 0.317 e. The summed E-state index contributed by atoms with van der Waals surface area (Å²) in [5.74, 6) is 0. The maximum absolute atomic E-state index is 12.1. The SMILES string of the molecule is C=C(C)CN(CC)C(=O)NCCc1ccc(C(C)(C)C)cc1. The highest BCUT2D eigenvalue weighted by Gasteiger charge is 2.13. The second-order valence-corrected chi connectivity index (χ2v) is 6.90. The van der Waals surface area contributed by atoms with Crippen molar-refractivity contribution >= 4 is 6.03 Å². The van der Waals surface area contributed by atoms with E-state index in [1.807, 2.05) is 13.8 Å². The quantitative estimate of drug-likeness (QED) is 0.787. The second-order valence-electron chi connectivity index (χ2n) is 6.90. The van der Waals surface area contributed by atoms with E-state index in [4.69, 9.17) is 0 Å². The van der Waals surface area contributed by atoms with Crippen LogP contribution in [0.15, 0.2) is 36.4 Å². The highest BCUT2D eigenvalue weighted by Crippen LogP contribution is 2.22. The van der Waals surface area contributed by atoms with Crippen LogP contribution in [0.25, 0.3) is 0 Å². The number of urea groups is 1. The van der Waals surface area contributed by atoms with Gasteiger partial charge in [-0.3, -0.25) is 0 Å². The summed E-state index contributed by atoms with van der Waals surface area (Å²) in [6, 6.07) is 8.64. The molecule has 0 aromatic heterocycles. The van der Waals surface area contributed by atoms with Gasteiger partial charge in [-0.15, -0.1) is 0 Å². The fourth-order valence-electron chi connectivity index (χ4n) is 2.25. The van der Waals surface area contributed by atoms with Crippen molar-refractivity contribution in [2.24, 2.45) is 0 Å². The van der Waals surface area contributed by atoms with Crippen molar-refractivity contribution in [1.82, 2.24) is 10.2 Å². The number of carbonyl (C=O) groups is 1. The first-order valence-electron chi connectivity index (χ1n) is 8.00.